The van der Waals surface area contributed by atoms with E-state index in [-0.39, 0.29) is 12.8 Å². The van der Waals surface area contributed by atoms with Crippen LogP contribution in [0.5, 0.6) is 0 Å². The lowest BCUT2D eigenvalue weighted by molar-refractivity contribution is -0.137. The monoisotopic (exact) mass is 566 g/mol. The molecule has 0 aromatic carbocycles. The molecule has 8 nitrogen and oxygen atoms in total. The molecule has 0 unspecified atom stereocenters. The normalized spacial score (nSPS) is 13.3. The molecule has 0 saturated carbocycles. The van der Waals surface area contributed by atoms with Crippen molar-refractivity contribution >= 4 is 56.3 Å². The number of aryl methyl sites for hydroxylation is 4. The standard InChI is InChI=1S/C34H38N4O4/c1-7-21-17(3)25-13-26-19(5)23(9-11-33(39)40)31(37-26)16-32-24(10-12-34(41)42)20(6)28(38-32)15-30-22(8-2)18(4)27(36-30)14-29(21)35-25/h13-16,35,38H,7-12H2,1-6H3,(H,39,40)(H,41,42). The molecular formula is C34H38N4O4. The van der Waals surface area contributed by atoms with Crippen molar-refractivity contribution in [1.29, 1.82) is 0 Å². The Morgan fingerprint density at radius 3 is 1.64 bits per heavy atom. The number of fused-ring (bicyclic) bond motifs is 8. The maximum atomic E-state index is 11.5. The van der Waals surface area contributed by atoms with Gasteiger partial charge in [-0.25, -0.2) is 9.97 Å². The zero-order valence-corrected chi connectivity index (χ0v) is 25.2. The molecule has 2 aliphatic heterocycles. The van der Waals surface area contributed by atoms with Crippen molar-refractivity contribution in [2.24, 2.45) is 0 Å². The molecule has 3 aromatic rings. The van der Waals surface area contributed by atoms with Gasteiger partial charge >= 0.3 is 11.9 Å². The van der Waals surface area contributed by atoms with Crippen LogP contribution >= 0.6 is 0 Å². The van der Waals surface area contributed by atoms with Crippen LogP contribution in [-0.2, 0) is 22.4 Å². The number of nitrogens with one attached hydrogen (secondary N) is 2. The molecule has 5 heterocycles. The van der Waals surface area contributed by atoms with Crippen LogP contribution in [0.2, 0.25) is 0 Å². The number of hydrogen-bond donors (Lipinski definition) is 4. The summed E-state index contributed by atoms with van der Waals surface area (Å²) in [6, 6.07) is 8.19. The number of carboxylic acids is 2. The molecule has 218 valence electrons. The first-order valence-electron chi connectivity index (χ1n) is 14.6. The first kappa shape index (κ1) is 29.0. The van der Waals surface area contributed by atoms with Crippen molar-refractivity contribution < 1.29 is 19.8 Å². The van der Waals surface area contributed by atoms with Crippen molar-refractivity contribution in [3.8, 4) is 0 Å². The fraction of sp³-hybridized carbons (Fsp3) is 0.353. The lowest BCUT2D eigenvalue weighted by Gasteiger charge is -2.03. The van der Waals surface area contributed by atoms with E-state index in [1.165, 1.54) is 11.1 Å². The molecule has 0 aliphatic carbocycles. The van der Waals surface area contributed by atoms with E-state index in [1.54, 1.807) is 0 Å². The molecule has 0 spiro atoms. The van der Waals surface area contributed by atoms with Gasteiger partial charge < -0.3 is 20.2 Å². The van der Waals surface area contributed by atoms with Crippen LogP contribution in [0, 0.1) is 13.8 Å². The van der Waals surface area contributed by atoms with Crippen LogP contribution in [0.3, 0.4) is 0 Å². The lowest BCUT2D eigenvalue weighted by Crippen LogP contribution is -1.98. The number of hydrogen-bond acceptors (Lipinski definition) is 4. The summed E-state index contributed by atoms with van der Waals surface area (Å²) < 4.78 is 0. The molecular weight excluding hydrogens is 528 g/mol. The number of H-pyrrole nitrogens is 2. The van der Waals surface area contributed by atoms with E-state index >= 15 is 0 Å². The van der Waals surface area contributed by atoms with Gasteiger partial charge in [0.15, 0.2) is 0 Å². The maximum Gasteiger partial charge on any atom is 0.303 e. The van der Waals surface area contributed by atoms with Gasteiger partial charge in [-0.05, 0) is 122 Å². The second kappa shape index (κ2) is 11.4. The molecule has 3 aromatic heterocycles. The van der Waals surface area contributed by atoms with Crippen molar-refractivity contribution in [2.75, 3.05) is 0 Å². The van der Waals surface area contributed by atoms with Gasteiger partial charge in [-0.15, -0.1) is 0 Å². The van der Waals surface area contributed by atoms with E-state index in [0.29, 0.717) is 18.5 Å². The minimum absolute atomic E-state index is 0.00162. The largest absolute Gasteiger partial charge is 0.481 e. The van der Waals surface area contributed by atoms with Gasteiger partial charge in [-0.2, -0.15) is 0 Å². The zero-order chi connectivity index (χ0) is 30.3. The van der Waals surface area contributed by atoms with Gasteiger partial charge in [0.1, 0.15) is 0 Å². The van der Waals surface area contributed by atoms with E-state index in [9.17, 15) is 19.8 Å². The molecule has 0 atom stereocenters. The van der Waals surface area contributed by atoms with Gasteiger partial charge in [0, 0.05) is 34.9 Å². The van der Waals surface area contributed by atoms with Crippen LogP contribution in [0.4, 0.5) is 0 Å². The van der Waals surface area contributed by atoms with E-state index < -0.39 is 11.9 Å². The highest BCUT2D eigenvalue weighted by molar-refractivity contribution is 5.95. The highest BCUT2D eigenvalue weighted by atomic mass is 16.4. The Morgan fingerprint density at radius 2 is 1.07 bits per heavy atom. The maximum absolute atomic E-state index is 11.5. The fourth-order valence-electron chi connectivity index (χ4n) is 6.22. The second-order valence-electron chi connectivity index (χ2n) is 11.2. The average molecular weight is 567 g/mol. The Morgan fingerprint density at radius 1 is 0.619 bits per heavy atom. The van der Waals surface area contributed by atoms with Gasteiger partial charge in [0.25, 0.3) is 0 Å². The van der Waals surface area contributed by atoms with Crippen molar-refractivity contribution in [3.63, 3.8) is 0 Å². The molecule has 0 fully saturated rings. The smallest absolute Gasteiger partial charge is 0.303 e. The summed E-state index contributed by atoms with van der Waals surface area (Å²) >= 11 is 0. The predicted octanol–water partition coefficient (Wildman–Crippen LogP) is 7.65. The second-order valence-corrected chi connectivity index (χ2v) is 11.2. The third-order valence-electron chi connectivity index (χ3n) is 8.69. The molecule has 42 heavy (non-hydrogen) atoms. The molecule has 0 radical (unpaired) electrons. The Balaban J connectivity index is 1.93. The summed E-state index contributed by atoms with van der Waals surface area (Å²) in [7, 11) is 0. The molecule has 2 aliphatic rings. The Labute approximate surface area is 245 Å². The number of nitrogens with zero attached hydrogens (tertiary/aromatic N) is 2. The first-order valence-corrected chi connectivity index (χ1v) is 14.6. The number of carboxylic acid groups (broad SMARTS) is 2. The number of allylic oxidation sites excluding steroid dienone is 4. The highest BCUT2D eigenvalue weighted by Gasteiger charge is 2.21. The van der Waals surface area contributed by atoms with Crippen molar-refractivity contribution in [3.05, 3.63) is 69.3 Å². The molecule has 0 saturated heterocycles. The summed E-state index contributed by atoms with van der Waals surface area (Å²) in [5.41, 5.74) is 15.4. The highest BCUT2D eigenvalue weighted by Crippen LogP contribution is 2.36. The van der Waals surface area contributed by atoms with E-state index in [2.05, 4.69) is 49.8 Å². The topological polar surface area (TPSA) is 132 Å². The van der Waals surface area contributed by atoms with E-state index in [0.717, 1.165) is 85.4 Å². The van der Waals surface area contributed by atoms with Gasteiger partial charge in [-0.3, -0.25) is 9.59 Å². The molecule has 0 amide bonds. The van der Waals surface area contributed by atoms with E-state index in [4.69, 9.17) is 9.97 Å². The number of aromatic amines is 2. The first-order chi connectivity index (χ1) is 20.0. The number of rotatable bonds is 8. The average Bonchev–Trinajstić information content (AvgIpc) is 3.59. The van der Waals surface area contributed by atoms with Crippen LogP contribution in [-0.4, -0.2) is 42.1 Å². The molecule has 5 rings (SSSR count). The Hall–Kier alpha value is -4.46. The van der Waals surface area contributed by atoms with Crippen LogP contribution < -0.4 is 0 Å². The van der Waals surface area contributed by atoms with E-state index in [1.807, 2.05) is 26.0 Å². The predicted molar refractivity (Wildman–Crippen MR) is 168 cm³/mol. The van der Waals surface area contributed by atoms with Crippen LogP contribution in [0.15, 0.2) is 24.3 Å². The summed E-state index contributed by atoms with van der Waals surface area (Å²) in [6.45, 7) is 12.5. The molecule has 8 heteroatoms. The Bertz CT molecular complexity index is 1850. The van der Waals surface area contributed by atoms with Gasteiger partial charge in [-0.1, -0.05) is 13.8 Å². The van der Waals surface area contributed by atoms with Gasteiger partial charge in [0.05, 0.1) is 22.8 Å². The summed E-state index contributed by atoms with van der Waals surface area (Å²) in [5.74, 6) is -1.72. The Kier molecular flexibility index (Phi) is 7.91. The number of carbonyl (C=O) groups is 2. The third-order valence-corrected chi connectivity index (χ3v) is 8.69. The zero-order valence-electron chi connectivity index (χ0n) is 25.2. The van der Waals surface area contributed by atoms with Gasteiger partial charge in [0.2, 0.25) is 0 Å². The lowest BCUT2D eigenvalue weighted by atomic mass is 10.00. The SMILES string of the molecule is CCC1=C(C)c2cc3[nH]c(cc4nc(cc5[nH]c(cc1n2)c(C)c5CCC(=O)O)C(CCC(=O)O)=C4C)c(C)c3CC. The van der Waals surface area contributed by atoms with Crippen molar-refractivity contribution in [2.45, 2.75) is 80.1 Å². The summed E-state index contributed by atoms with van der Waals surface area (Å²) in [6.07, 6.45) is 2.39. The van der Waals surface area contributed by atoms with Crippen LogP contribution in [0.25, 0.3) is 44.4 Å². The summed E-state index contributed by atoms with van der Waals surface area (Å²) in [5, 5.41) is 18.9. The quantitative estimate of drug-likeness (QED) is 0.221. The van der Waals surface area contributed by atoms with Crippen molar-refractivity contribution in [1.82, 2.24) is 19.9 Å². The number of aliphatic carboxylic acids is 2. The minimum atomic E-state index is -0.864. The number of aromatic nitrogens is 4. The van der Waals surface area contributed by atoms with Crippen LogP contribution in [0.1, 0.15) is 98.4 Å². The minimum Gasteiger partial charge on any atom is -0.481 e. The molecule has 8 bridgehead atoms. The summed E-state index contributed by atoms with van der Waals surface area (Å²) in [4.78, 5) is 40.3. The molecule has 4 N–H and O–H groups in total. The fourth-order valence-corrected chi connectivity index (χ4v) is 6.22. The third kappa shape index (κ3) is 5.29.